The summed E-state index contributed by atoms with van der Waals surface area (Å²) in [5, 5.41) is 11.1. The van der Waals surface area contributed by atoms with Crippen molar-refractivity contribution in [1.29, 1.82) is 0 Å². The van der Waals surface area contributed by atoms with E-state index in [4.69, 9.17) is 0 Å². The zero-order valence-corrected chi connectivity index (χ0v) is 21.2. The van der Waals surface area contributed by atoms with Gasteiger partial charge in [-0.2, -0.15) is 0 Å². The molecule has 0 aliphatic carbocycles. The van der Waals surface area contributed by atoms with Crippen molar-refractivity contribution in [2.75, 3.05) is 4.90 Å². The van der Waals surface area contributed by atoms with Crippen LogP contribution in [0.2, 0.25) is 0 Å². The maximum absolute atomic E-state index is 15.2. The Morgan fingerprint density at radius 2 is 1.73 bits per heavy atom. The molecule has 3 aromatic carbocycles. The zero-order valence-electron chi connectivity index (χ0n) is 21.2. The summed E-state index contributed by atoms with van der Waals surface area (Å²) < 4.78 is 31.3. The van der Waals surface area contributed by atoms with E-state index >= 15 is 4.39 Å². The van der Waals surface area contributed by atoms with E-state index < -0.39 is 35.0 Å². The number of fused-ring (bicyclic) bond motifs is 1. The van der Waals surface area contributed by atoms with Crippen LogP contribution >= 0.6 is 0 Å². The van der Waals surface area contributed by atoms with Gasteiger partial charge >= 0.3 is 0 Å². The molecule has 0 saturated heterocycles. The van der Waals surface area contributed by atoms with Gasteiger partial charge in [0, 0.05) is 16.8 Å². The molecule has 0 spiro atoms. The monoisotopic (exact) mass is 505 g/mol. The Balaban J connectivity index is 1.86. The van der Waals surface area contributed by atoms with Crippen molar-refractivity contribution in [3.05, 3.63) is 89.5 Å². The van der Waals surface area contributed by atoms with E-state index in [0.717, 1.165) is 4.90 Å². The topological polar surface area (TPSA) is 80.1 Å². The number of hydrogen-bond acceptors (Lipinski definition) is 4. The summed E-state index contributed by atoms with van der Waals surface area (Å²) in [6.45, 7) is 6.88. The fourth-order valence-electron chi connectivity index (χ4n) is 3.99. The Labute approximate surface area is 214 Å². The van der Waals surface area contributed by atoms with Crippen molar-refractivity contribution in [1.82, 2.24) is 20.3 Å². The summed E-state index contributed by atoms with van der Waals surface area (Å²) in [6.07, 6.45) is 0.598. The summed E-state index contributed by atoms with van der Waals surface area (Å²) in [4.78, 5) is 28.8. The van der Waals surface area contributed by atoms with Gasteiger partial charge in [-0.05, 0) is 63.1 Å². The molecule has 1 atom stereocenters. The van der Waals surface area contributed by atoms with Crippen molar-refractivity contribution in [2.45, 2.75) is 52.2 Å². The lowest BCUT2D eigenvalue weighted by Gasteiger charge is -2.34. The average Bonchev–Trinajstić information content (AvgIpc) is 3.27. The maximum atomic E-state index is 15.2. The van der Waals surface area contributed by atoms with Crippen LogP contribution in [0, 0.1) is 18.6 Å². The van der Waals surface area contributed by atoms with Crippen LogP contribution in [-0.4, -0.2) is 32.3 Å². The summed E-state index contributed by atoms with van der Waals surface area (Å²) in [5.74, 6) is -2.39. The minimum Gasteiger partial charge on any atom is -0.349 e. The predicted molar refractivity (Wildman–Crippen MR) is 138 cm³/mol. The van der Waals surface area contributed by atoms with Gasteiger partial charge in [-0.1, -0.05) is 48.5 Å². The number of para-hydroxylation sites is 1. The quantitative estimate of drug-likeness (QED) is 0.362. The number of nitrogens with one attached hydrogen (secondary N) is 1. The first-order valence-corrected chi connectivity index (χ1v) is 12.0. The second-order valence-electron chi connectivity index (χ2n) is 9.58. The van der Waals surface area contributed by atoms with Crippen LogP contribution in [0.15, 0.2) is 66.7 Å². The normalized spacial score (nSPS) is 12.4. The second kappa shape index (κ2) is 10.5. The molecule has 1 N–H and O–H groups in total. The molecule has 0 unspecified atom stereocenters. The Morgan fingerprint density at radius 1 is 1.03 bits per heavy atom. The number of rotatable bonds is 8. The number of nitrogens with zero attached hydrogens (tertiary/aromatic N) is 4. The van der Waals surface area contributed by atoms with Crippen molar-refractivity contribution in [3.63, 3.8) is 0 Å². The highest BCUT2D eigenvalue weighted by molar-refractivity contribution is 6.01. The molecular formula is C28H29F2N5O2. The molecule has 0 fully saturated rings. The van der Waals surface area contributed by atoms with Crippen molar-refractivity contribution in [3.8, 4) is 0 Å². The second-order valence-corrected chi connectivity index (χ2v) is 9.58. The Kier molecular flexibility index (Phi) is 7.33. The van der Waals surface area contributed by atoms with Gasteiger partial charge in [0.1, 0.15) is 29.7 Å². The molecule has 0 aliphatic heterocycles. The molecule has 2 amide bonds. The average molecular weight is 506 g/mol. The summed E-state index contributed by atoms with van der Waals surface area (Å²) in [5.41, 5.74) is 1.06. The summed E-state index contributed by atoms with van der Waals surface area (Å²) in [7, 11) is 0. The van der Waals surface area contributed by atoms with E-state index in [9.17, 15) is 14.0 Å². The molecule has 192 valence electrons. The van der Waals surface area contributed by atoms with Crippen LogP contribution in [0.1, 0.15) is 44.4 Å². The SMILES string of the molecule is CCC(C)(C)NC(=O)[C@H](c1ccccc1F)N(C(=O)Cn1nnc2ccccc21)c1ccc(C)c(F)c1. The van der Waals surface area contributed by atoms with Crippen molar-refractivity contribution in [2.24, 2.45) is 0 Å². The first kappa shape index (κ1) is 25.9. The van der Waals surface area contributed by atoms with Gasteiger partial charge in [-0.3, -0.25) is 14.5 Å². The number of benzene rings is 3. The minimum absolute atomic E-state index is 0.00955. The number of halogens is 2. The maximum Gasteiger partial charge on any atom is 0.249 e. The first-order chi connectivity index (χ1) is 17.6. The minimum atomic E-state index is -1.41. The fraction of sp³-hybridized carbons (Fsp3) is 0.286. The van der Waals surface area contributed by atoms with E-state index in [0.29, 0.717) is 23.0 Å². The van der Waals surface area contributed by atoms with Crippen molar-refractivity contribution < 1.29 is 18.4 Å². The molecule has 1 heterocycles. The molecule has 1 aromatic heterocycles. The fourth-order valence-corrected chi connectivity index (χ4v) is 3.99. The number of aromatic nitrogens is 3. The molecular weight excluding hydrogens is 476 g/mol. The Morgan fingerprint density at radius 3 is 2.43 bits per heavy atom. The number of amides is 2. The molecule has 0 bridgehead atoms. The van der Waals surface area contributed by atoms with Crippen LogP contribution in [-0.2, 0) is 16.1 Å². The van der Waals surface area contributed by atoms with E-state index in [1.54, 1.807) is 43.3 Å². The van der Waals surface area contributed by atoms with Crippen LogP contribution in [0.25, 0.3) is 11.0 Å². The zero-order chi connectivity index (χ0) is 26.7. The number of carbonyl (C=O) groups is 2. The Bertz CT molecular complexity index is 1450. The lowest BCUT2D eigenvalue weighted by molar-refractivity contribution is -0.128. The number of carbonyl (C=O) groups excluding carboxylic acids is 2. The lowest BCUT2D eigenvalue weighted by Crippen LogP contribution is -2.51. The largest absolute Gasteiger partial charge is 0.349 e. The molecule has 9 heteroatoms. The van der Waals surface area contributed by atoms with Gasteiger partial charge in [0.2, 0.25) is 11.8 Å². The highest BCUT2D eigenvalue weighted by Gasteiger charge is 2.37. The van der Waals surface area contributed by atoms with E-state index in [1.165, 1.54) is 35.0 Å². The van der Waals surface area contributed by atoms with E-state index in [-0.39, 0.29) is 17.8 Å². The number of anilines is 1. The molecule has 7 nitrogen and oxygen atoms in total. The molecule has 0 aliphatic rings. The third kappa shape index (κ3) is 5.50. The number of hydrogen-bond donors (Lipinski definition) is 1. The predicted octanol–water partition coefficient (Wildman–Crippen LogP) is 5.10. The summed E-state index contributed by atoms with van der Waals surface area (Å²) in [6, 6.07) is 15.7. The number of aryl methyl sites for hydroxylation is 1. The highest BCUT2D eigenvalue weighted by Crippen LogP contribution is 2.32. The van der Waals surface area contributed by atoms with Gasteiger partial charge in [0.05, 0.1) is 5.52 Å². The van der Waals surface area contributed by atoms with Crippen LogP contribution in [0.3, 0.4) is 0 Å². The highest BCUT2D eigenvalue weighted by atomic mass is 19.1. The molecule has 4 rings (SSSR count). The van der Waals surface area contributed by atoms with Crippen molar-refractivity contribution >= 4 is 28.5 Å². The van der Waals surface area contributed by atoms with Gasteiger partial charge < -0.3 is 5.32 Å². The van der Waals surface area contributed by atoms with E-state index in [1.807, 2.05) is 20.8 Å². The Hall–Kier alpha value is -4.14. The van der Waals surface area contributed by atoms with Crippen LogP contribution in [0.5, 0.6) is 0 Å². The molecule has 4 aromatic rings. The third-order valence-corrected chi connectivity index (χ3v) is 6.46. The van der Waals surface area contributed by atoms with E-state index in [2.05, 4.69) is 15.6 Å². The third-order valence-electron chi connectivity index (χ3n) is 6.46. The van der Waals surface area contributed by atoms with Gasteiger partial charge in [0.25, 0.3) is 0 Å². The molecule has 0 saturated carbocycles. The molecule has 0 radical (unpaired) electrons. The van der Waals surface area contributed by atoms with Gasteiger partial charge in [-0.25, -0.2) is 13.5 Å². The molecule has 37 heavy (non-hydrogen) atoms. The standard InChI is InChI=1S/C28H29F2N5O2/c1-5-28(3,4)31-27(37)26(20-10-6-7-11-21(20)29)35(19-15-14-18(2)22(30)16-19)25(36)17-34-24-13-9-8-12-23(24)32-33-34/h6-16,26H,5,17H2,1-4H3,(H,31,37)/t26-/m0/s1. The lowest BCUT2D eigenvalue weighted by atomic mass is 9.97. The van der Waals surface area contributed by atoms with Crippen LogP contribution < -0.4 is 10.2 Å². The van der Waals surface area contributed by atoms with Gasteiger partial charge in [-0.15, -0.1) is 5.10 Å². The van der Waals surface area contributed by atoms with Crippen LogP contribution in [0.4, 0.5) is 14.5 Å². The van der Waals surface area contributed by atoms with Gasteiger partial charge in [0.15, 0.2) is 0 Å². The summed E-state index contributed by atoms with van der Waals surface area (Å²) >= 11 is 0. The first-order valence-electron chi connectivity index (χ1n) is 12.0. The smallest absolute Gasteiger partial charge is 0.249 e.